The Bertz CT molecular complexity index is 1150. The Morgan fingerprint density at radius 1 is 1.13 bits per heavy atom. The van der Waals surface area contributed by atoms with Crippen LogP contribution >= 0.6 is 0 Å². The number of ether oxygens (including phenoxy) is 1. The number of rotatable bonds is 9. The number of anilines is 2. The van der Waals surface area contributed by atoms with Crippen LogP contribution in [0.4, 0.5) is 16.0 Å². The SMILES string of the molecule is CC(C)CCOc1cc(F)ccc1-c1ncnc(Nc2cccc(CS(C)(=O)=O)c2)n1. The Hall–Kier alpha value is -3.07. The van der Waals surface area contributed by atoms with Gasteiger partial charge in [-0.25, -0.2) is 22.8 Å². The molecule has 0 aliphatic rings. The van der Waals surface area contributed by atoms with Crippen LogP contribution in [-0.2, 0) is 15.6 Å². The Morgan fingerprint density at radius 3 is 2.68 bits per heavy atom. The van der Waals surface area contributed by atoms with E-state index in [-0.39, 0.29) is 11.7 Å². The molecule has 3 rings (SSSR count). The molecule has 3 aromatic rings. The van der Waals surface area contributed by atoms with Crippen molar-refractivity contribution in [2.45, 2.75) is 26.0 Å². The fourth-order valence-electron chi connectivity index (χ4n) is 2.86. The second-order valence-electron chi connectivity index (χ2n) is 7.70. The van der Waals surface area contributed by atoms with Gasteiger partial charge in [-0.05, 0) is 42.2 Å². The summed E-state index contributed by atoms with van der Waals surface area (Å²) >= 11 is 0. The van der Waals surface area contributed by atoms with Crippen molar-refractivity contribution in [1.29, 1.82) is 0 Å². The van der Waals surface area contributed by atoms with Gasteiger partial charge in [0.05, 0.1) is 17.9 Å². The Morgan fingerprint density at radius 2 is 1.94 bits per heavy atom. The molecule has 0 fully saturated rings. The maximum atomic E-state index is 13.8. The fourth-order valence-corrected chi connectivity index (χ4v) is 3.65. The number of nitrogens with one attached hydrogen (secondary N) is 1. The highest BCUT2D eigenvalue weighted by atomic mass is 32.2. The first kappa shape index (κ1) is 22.6. The van der Waals surface area contributed by atoms with E-state index in [9.17, 15) is 12.8 Å². The van der Waals surface area contributed by atoms with Crippen LogP contribution in [0.25, 0.3) is 11.4 Å². The zero-order valence-corrected chi connectivity index (χ0v) is 18.5. The lowest BCUT2D eigenvalue weighted by Gasteiger charge is -2.13. The number of hydrogen-bond donors (Lipinski definition) is 1. The molecule has 0 aliphatic carbocycles. The number of nitrogens with zero attached hydrogens (tertiary/aromatic N) is 3. The van der Waals surface area contributed by atoms with Gasteiger partial charge in [-0.15, -0.1) is 0 Å². The maximum Gasteiger partial charge on any atom is 0.230 e. The molecule has 1 heterocycles. The van der Waals surface area contributed by atoms with Crippen molar-refractivity contribution in [3.63, 3.8) is 0 Å². The lowest BCUT2D eigenvalue weighted by Crippen LogP contribution is -2.05. The molecule has 0 atom stereocenters. The average Bonchev–Trinajstić information content (AvgIpc) is 2.67. The van der Waals surface area contributed by atoms with Crippen LogP contribution < -0.4 is 10.1 Å². The van der Waals surface area contributed by atoms with E-state index in [0.717, 1.165) is 6.42 Å². The molecule has 31 heavy (non-hydrogen) atoms. The Labute approximate surface area is 181 Å². The van der Waals surface area contributed by atoms with E-state index in [1.807, 2.05) is 0 Å². The lowest BCUT2D eigenvalue weighted by molar-refractivity contribution is 0.289. The number of aromatic nitrogens is 3. The minimum Gasteiger partial charge on any atom is -0.493 e. The quantitative estimate of drug-likeness (QED) is 0.523. The minimum atomic E-state index is -3.14. The molecule has 164 valence electrons. The van der Waals surface area contributed by atoms with E-state index in [0.29, 0.717) is 40.9 Å². The van der Waals surface area contributed by atoms with Crippen LogP contribution in [0.5, 0.6) is 5.75 Å². The van der Waals surface area contributed by atoms with Crippen molar-refractivity contribution < 1.29 is 17.5 Å². The van der Waals surface area contributed by atoms with Crippen molar-refractivity contribution in [2.24, 2.45) is 5.92 Å². The summed E-state index contributed by atoms with van der Waals surface area (Å²) in [5, 5.41) is 3.06. The largest absolute Gasteiger partial charge is 0.493 e. The normalized spacial score (nSPS) is 11.5. The smallest absolute Gasteiger partial charge is 0.230 e. The summed E-state index contributed by atoms with van der Waals surface area (Å²) in [6.45, 7) is 4.63. The van der Waals surface area contributed by atoms with E-state index in [4.69, 9.17) is 4.74 Å². The van der Waals surface area contributed by atoms with Crippen molar-refractivity contribution in [2.75, 3.05) is 18.2 Å². The zero-order valence-electron chi connectivity index (χ0n) is 17.7. The third-order valence-electron chi connectivity index (χ3n) is 4.32. The van der Waals surface area contributed by atoms with Gasteiger partial charge in [0.15, 0.2) is 15.7 Å². The average molecular weight is 445 g/mol. The van der Waals surface area contributed by atoms with Gasteiger partial charge in [0.1, 0.15) is 17.9 Å². The molecule has 9 heteroatoms. The summed E-state index contributed by atoms with van der Waals surface area (Å²) in [5.41, 5.74) is 1.85. The molecule has 0 saturated heterocycles. The third-order valence-corrected chi connectivity index (χ3v) is 5.18. The second-order valence-corrected chi connectivity index (χ2v) is 9.84. The number of halogens is 1. The molecule has 0 spiro atoms. The first-order chi connectivity index (χ1) is 14.7. The van der Waals surface area contributed by atoms with Gasteiger partial charge in [-0.2, -0.15) is 4.98 Å². The van der Waals surface area contributed by atoms with Gasteiger partial charge >= 0.3 is 0 Å². The maximum absolute atomic E-state index is 13.8. The van der Waals surface area contributed by atoms with E-state index in [1.54, 1.807) is 30.3 Å². The Balaban J connectivity index is 1.83. The molecule has 1 N–H and O–H groups in total. The highest BCUT2D eigenvalue weighted by molar-refractivity contribution is 7.89. The zero-order chi connectivity index (χ0) is 22.4. The number of benzene rings is 2. The standard InChI is InChI=1S/C22H25FN4O3S/c1-15(2)9-10-30-20-12-17(23)7-8-19(20)21-24-14-25-22(27-21)26-18-6-4-5-16(11-18)13-31(3,28)29/h4-8,11-12,14-15H,9-10,13H2,1-3H3,(H,24,25,26,27). The summed E-state index contributed by atoms with van der Waals surface area (Å²) in [4.78, 5) is 12.8. The van der Waals surface area contributed by atoms with E-state index >= 15 is 0 Å². The molecule has 0 bridgehead atoms. The van der Waals surface area contributed by atoms with Crippen LogP contribution in [-0.4, -0.2) is 36.2 Å². The first-order valence-corrected chi connectivity index (χ1v) is 11.9. The fraction of sp³-hybridized carbons (Fsp3) is 0.318. The van der Waals surface area contributed by atoms with Crippen LogP contribution in [0.3, 0.4) is 0 Å². The van der Waals surface area contributed by atoms with Crippen molar-refractivity contribution in [1.82, 2.24) is 15.0 Å². The van der Waals surface area contributed by atoms with Crippen LogP contribution in [0.1, 0.15) is 25.8 Å². The molecular weight excluding hydrogens is 419 g/mol. The number of hydrogen-bond acceptors (Lipinski definition) is 7. The molecule has 0 saturated carbocycles. The summed E-state index contributed by atoms with van der Waals surface area (Å²) in [6.07, 6.45) is 3.38. The molecular formula is C22H25FN4O3S. The van der Waals surface area contributed by atoms with Crippen molar-refractivity contribution in [3.05, 3.63) is 60.2 Å². The van der Waals surface area contributed by atoms with E-state index in [2.05, 4.69) is 34.1 Å². The molecule has 0 unspecified atom stereocenters. The molecule has 0 radical (unpaired) electrons. The van der Waals surface area contributed by atoms with Crippen LogP contribution in [0.2, 0.25) is 0 Å². The van der Waals surface area contributed by atoms with Crippen LogP contribution in [0, 0.1) is 11.7 Å². The van der Waals surface area contributed by atoms with Gasteiger partial charge in [0.2, 0.25) is 5.95 Å². The van der Waals surface area contributed by atoms with Crippen molar-refractivity contribution in [3.8, 4) is 17.1 Å². The van der Waals surface area contributed by atoms with Gasteiger partial charge in [-0.3, -0.25) is 0 Å². The monoisotopic (exact) mass is 444 g/mol. The molecule has 7 nitrogen and oxygen atoms in total. The third kappa shape index (κ3) is 6.99. The van der Waals surface area contributed by atoms with Gasteiger partial charge in [0.25, 0.3) is 0 Å². The molecule has 2 aromatic carbocycles. The summed E-state index contributed by atoms with van der Waals surface area (Å²) in [7, 11) is -3.14. The predicted molar refractivity (Wildman–Crippen MR) is 118 cm³/mol. The van der Waals surface area contributed by atoms with Gasteiger partial charge in [0, 0.05) is 18.0 Å². The molecule has 0 amide bonds. The molecule has 1 aromatic heterocycles. The molecule has 0 aliphatic heterocycles. The summed E-state index contributed by atoms with van der Waals surface area (Å²) in [6, 6.07) is 11.2. The van der Waals surface area contributed by atoms with Gasteiger partial charge < -0.3 is 10.1 Å². The van der Waals surface area contributed by atoms with Crippen LogP contribution in [0.15, 0.2) is 48.8 Å². The highest BCUT2D eigenvalue weighted by Crippen LogP contribution is 2.29. The summed E-state index contributed by atoms with van der Waals surface area (Å²) < 4.78 is 42.7. The van der Waals surface area contributed by atoms with E-state index in [1.165, 1.54) is 24.7 Å². The number of sulfone groups is 1. The minimum absolute atomic E-state index is 0.0579. The predicted octanol–water partition coefficient (Wildman–Crippen LogP) is 4.39. The Kier molecular flexibility index (Phi) is 7.17. The topological polar surface area (TPSA) is 94.1 Å². The lowest BCUT2D eigenvalue weighted by atomic mass is 10.1. The second kappa shape index (κ2) is 9.82. The highest BCUT2D eigenvalue weighted by Gasteiger charge is 2.13. The van der Waals surface area contributed by atoms with E-state index < -0.39 is 15.7 Å². The van der Waals surface area contributed by atoms with Crippen molar-refractivity contribution >= 4 is 21.5 Å². The van der Waals surface area contributed by atoms with Gasteiger partial charge in [-0.1, -0.05) is 26.0 Å². The first-order valence-electron chi connectivity index (χ1n) is 9.85. The summed E-state index contributed by atoms with van der Waals surface area (Å²) in [5.74, 6) is 0.982.